The molecule has 0 saturated carbocycles. The Morgan fingerprint density at radius 2 is 1.50 bits per heavy atom. The highest BCUT2D eigenvalue weighted by Crippen LogP contribution is 2.36. The Labute approximate surface area is 209 Å². The number of carbonyl (C=O) groups excluding carboxylic acids is 2. The summed E-state index contributed by atoms with van der Waals surface area (Å²) in [6.07, 6.45) is 1.65. The Bertz CT molecular complexity index is 1360. The first-order chi connectivity index (χ1) is 17.5. The summed E-state index contributed by atoms with van der Waals surface area (Å²) < 4.78 is 16.6. The quantitative estimate of drug-likeness (QED) is 0.338. The minimum atomic E-state index is -0.630. The lowest BCUT2D eigenvalue weighted by atomic mass is 10.0. The predicted molar refractivity (Wildman–Crippen MR) is 134 cm³/mol. The molecule has 0 bridgehead atoms. The summed E-state index contributed by atoms with van der Waals surface area (Å²) in [5.41, 5.74) is 5.58. The van der Waals surface area contributed by atoms with Crippen LogP contribution in [0.2, 0.25) is 0 Å². The van der Waals surface area contributed by atoms with Gasteiger partial charge in [-0.1, -0.05) is 53.7 Å². The van der Waals surface area contributed by atoms with Crippen molar-refractivity contribution in [2.45, 2.75) is 33.3 Å². The van der Waals surface area contributed by atoms with Gasteiger partial charge in [0.25, 0.3) is 5.91 Å². The van der Waals surface area contributed by atoms with Crippen LogP contribution in [0, 0.1) is 13.8 Å². The van der Waals surface area contributed by atoms with Gasteiger partial charge in [-0.2, -0.15) is 0 Å². The zero-order valence-corrected chi connectivity index (χ0v) is 20.2. The number of esters is 1. The molecular formula is C29H26N2O5. The number of amides is 1. The van der Waals surface area contributed by atoms with Crippen molar-refractivity contribution in [3.8, 4) is 5.75 Å². The molecule has 0 N–H and O–H groups in total. The lowest BCUT2D eigenvalue weighted by molar-refractivity contribution is -0.121. The third kappa shape index (κ3) is 4.60. The summed E-state index contributed by atoms with van der Waals surface area (Å²) in [5, 5.41) is 3.93. The molecule has 0 fully saturated rings. The van der Waals surface area contributed by atoms with Crippen molar-refractivity contribution in [3.05, 3.63) is 107 Å². The third-order valence-corrected chi connectivity index (χ3v) is 6.37. The Morgan fingerprint density at radius 3 is 2.14 bits per heavy atom. The highest BCUT2D eigenvalue weighted by molar-refractivity contribution is 6.04. The second-order valence-electron chi connectivity index (χ2n) is 8.65. The largest absolute Gasteiger partial charge is 0.488 e. The van der Waals surface area contributed by atoms with Crippen LogP contribution < -0.4 is 9.64 Å². The lowest BCUT2D eigenvalue weighted by Gasteiger charge is -2.24. The molecule has 1 aliphatic rings. The van der Waals surface area contributed by atoms with Crippen molar-refractivity contribution in [1.29, 1.82) is 0 Å². The molecule has 0 aliphatic carbocycles. The van der Waals surface area contributed by atoms with Gasteiger partial charge in [0.1, 0.15) is 23.7 Å². The van der Waals surface area contributed by atoms with Gasteiger partial charge in [0, 0.05) is 0 Å². The Balaban J connectivity index is 1.34. The van der Waals surface area contributed by atoms with Gasteiger partial charge >= 0.3 is 5.97 Å². The lowest BCUT2D eigenvalue weighted by Crippen LogP contribution is -2.31. The second-order valence-corrected chi connectivity index (χ2v) is 8.65. The van der Waals surface area contributed by atoms with E-state index in [9.17, 15) is 9.59 Å². The van der Waals surface area contributed by atoms with Gasteiger partial charge in [-0.15, -0.1) is 0 Å². The summed E-state index contributed by atoms with van der Waals surface area (Å²) in [5.74, 6) is 0.0740. The zero-order valence-electron chi connectivity index (χ0n) is 20.2. The van der Waals surface area contributed by atoms with E-state index in [1.54, 1.807) is 29.2 Å². The summed E-state index contributed by atoms with van der Waals surface area (Å²) in [6, 6.07) is 22.5. The number of ether oxygens (including phenoxy) is 2. The number of hydrogen-bond donors (Lipinski definition) is 0. The Kier molecular flexibility index (Phi) is 6.54. The molecule has 5 rings (SSSR count). The number of anilines is 2. The molecule has 7 heteroatoms. The number of aryl methyl sites for hydroxylation is 4. The van der Waals surface area contributed by atoms with Crippen molar-refractivity contribution >= 4 is 23.3 Å². The van der Waals surface area contributed by atoms with Gasteiger partial charge in [-0.3, -0.25) is 9.69 Å². The first-order valence-electron chi connectivity index (χ1n) is 11.8. The molecule has 0 spiro atoms. The van der Waals surface area contributed by atoms with Crippen LogP contribution in [0.15, 0.2) is 77.3 Å². The van der Waals surface area contributed by atoms with E-state index in [0.717, 1.165) is 46.6 Å². The Morgan fingerprint density at radius 1 is 0.889 bits per heavy atom. The van der Waals surface area contributed by atoms with Crippen molar-refractivity contribution in [2.75, 3.05) is 11.5 Å². The number of nitrogens with zero attached hydrogens (tertiary/aromatic N) is 2. The minimum absolute atomic E-state index is 0.200. The maximum absolute atomic E-state index is 13.5. The molecule has 182 valence electrons. The smallest absolute Gasteiger partial charge is 0.342 e. The SMILES string of the molecule is Cc1noc(C)c1COc1ccccc1C(=O)OCC(=O)N1c2ccccc2CCc2ccccc21. The van der Waals surface area contributed by atoms with E-state index >= 15 is 0 Å². The van der Waals surface area contributed by atoms with Crippen molar-refractivity contribution in [1.82, 2.24) is 5.16 Å². The fourth-order valence-electron chi connectivity index (χ4n) is 4.44. The van der Waals surface area contributed by atoms with E-state index in [2.05, 4.69) is 5.16 Å². The van der Waals surface area contributed by atoms with Crippen molar-refractivity contribution in [3.63, 3.8) is 0 Å². The number of rotatable bonds is 6. The average Bonchev–Trinajstić information content (AvgIpc) is 3.12. The number of fused-ring (bicyclic) bond motifs is 2. The molecule has 3 aromatic carbocycles. The topological polar surface area (TPSA) is 81.9 Å². The van der Waals surface area contributed by atoms with Gasteiger partial charge < -0.3 is 14.0 Å². The molecular weight excluding hydrogens is 456 g/mol. The first-order valence-corrected chi connectivity index (χ1v) is 11.8. The summed E-state index contributed by atoms with van der Waals surface area (Å²) >= 11 is 0. The molecule has 0 atom stereocenters. The first kappa shape index (κ1) is 23.4. The van der Waals surface area contributed by atoms with Crippen LogP contribution in [0.5, 0.6) is 5.75 Å². The number of hydrogen-bond acceptors (Lipinski definition) is 6. The maximum Gasteiger partial charge on any atom is 0.342 e. The Hall–Kier alpha value is -4.39. The molecule has 1 aromatic heterocycles. The van der Waals surface area contributed by atoms with Gasteiger partial charge in [-0.25, -0.2) is 4.79 Å². The van der Waals surface area contributed by atoms with E-state index in [1.807, 2.05) is 62.4 Å². The zero-order chi connectivity index (χ0) is 25.1. The van der Waals surface area contributed by atoms with E-state index in [4.69, 9.17) is 14.0 Å². The molecule has 0 saturated heterocycles. The van der Waals surface area contributed by atoms with Crippen LogP contribution in [-0.2, 0) is 29.0 Å². The molecule has 36 heavy (non-hydrogen) atoms. The van der Waals surface area contributed by atoms with Gasteiger partial charge in [-0.05, 0) is 62.1 Å². The van der Waals surface area contributed by atoms with Crippen molar-refractivity contribution < 1.29 is 23.6 Å². The minimum Gasteiger partial charge on any atom is -0.488 e. The highest BCUT2D eigenvalue weighted by Gasteiger charge is 2.27. The predicted octanol–water partition coefficient (Wildman–Crippen LogP) is 5.49. The molecule has 1 aliphatic heterocycles. The third-order valence-electron chi connectivity index (χ3n) is 6.37. The standard InChI is InChI=1S/C29H26N2O5/c1-19-24(20(2)36-30-19)17-34-27-14-8-5-11-23(27)29(33)35-18-28(32)31-25-12-6-3-9-21(25)15-16-22-10-4-7-13-26(22)31/h3-14H,15-18H2,1-2H3. The number of aromatic nitrogens is 1. The van der Waals surface area contributed by atoms with Crippen LogP contribution in [0.25, 0.3) is 0 Å². The monoisotopic (exact) mass is 482 g/mol. The average molecular weight is 483 g/mol. The molecule has 0 radical (unpaired) electrons. The molecule has 7 nitrogen and oxygen atoms in total. The number of carbonyl (C=O) groups is 2. The van der Waals surface area contributed by atoms with E-state index in [0.29, 0.717) is 11.5 Å². The molecule has 1 amide bonds. The normalized spacial score (nSPS) is 12.3. The molecule has 4 aromatic rings. The van der Waals surface area contributed by atoms with Crippen LogP contribution in [0.3, 0.4) is 0 Å². The summed E-state index contributed by atoms with van der Waals surface area (Å²) in [4.78, 5) is 28.1. The van der Waals surface area contributed by atoms with Crippen LogP contribution in [-0.4, -0.2) is 23.6 Å². The summed E-state index contributed by atoms with van der Waals surface area (Å²) in [6.45, 7) is 3.44. The highest BCUT2D eigenvalue weighted by atomic mass is 16.5. The molecule has 2 heterocycles. The van der Waals surface area contributed by atoms with E-state index < -0.39 is 12.6 Å². The fourth-order valence-corrected chi connectivity index (χ4v) is 4.44. The molecule has 0 unspecified atom stereocenters. The van der Waals surface area contributed by atoms with Crippen LogP contribution in [0.1, 0.15) is 38.5 Å². The van der Waals surface area contributed by atoms with E-state index in [-0.39, 0.29) is 18.1 Å². The van der Waals surface area contributed by atoms with Gasteiger partial charge in [0.05, 0.1) is 22.6 Å². The van der Waals surface area contributed by atoms with Crippen LogP contribution >= 0.6 is 0 Å². The van der Waals surface area contributed by atoms with Gasteiger partial charge in [0.2, 0.25) is 0 Å². The van der Waals surface area contributed by atoms with Crippen LogP contribution in [0.4, 0.5) is 11.4 Å². The fraction of sp³-hybridized carbons (Fsp3) is 0.207. The second kappa shape index (κ2) is 10.1. The van der Waals surface area contributed by atoms with E-state index in [1.165, 1.54) is 0 Å². The number of benzene rings is 3. The van der Waals surface area contributed by atoms with Gasteiger partial charge in [0.15, 0.2) is 6.61 Å². The maximum atomic E-state index is 13.5. The summed E-state index contributed by atoms with van der Waals surface area (Å²) in [7, 11) is 0. The number of para-hydroxylation sites is 3. The van der Waals surface area contributed by atoms with Crippen molar-refractivity contribution in [2.24, 2.45) is 0 Å².